The number of carbonyl (C=O) groups is 1. The first-order valence-electron chi connectivity index (χ1n) is 7.50. The molecule has 2 aliphatic carbocycles. The maximum absolute atomic E-state index is 11.8. The zero-order valence-corrected chi connectivity index (χ0v) is 14.7. The lowest BCUT2D eigenvalue weighted by molar-refractivity contribution is -0.123. The second-order valence-corrected chi connectivity index (χ2v) is 7.60. The van der Waals surface area contributed by atoms with E-state index in [9.17, 15) is 4.79 Å². The predicted octanol–water partition coefficient (Wildman–Crippen LogP) is 3.59. The Labute approximate surface area is 143 Å². The molecule has 114 valence electrons. The average molecular weight is 420 g/mol. The van der Waals surface area contributed by atoms with Gasteiger partial charge in [0, 0.05) is 21.6 Å². The van der Waals surface area contributed by atoms with Crippen LogP contribution < -0.4 is 10.6 Å². The fraction of sp³-hybridized carbons (Fsp3) is 0.600. The third-order valence-electron chi connectivity index (χ3n) is 4.13. The van der Waals surface area contributed by atoms with Crippen molar-refractivity contribution in [3.63, 3.8) is 0 Å². The Morgan fingerprint density at radius 3 is 2.43 bits per heavy atom. The molecule has 1 aromatic heterocycles. The first-order chi connectivity index (χ1) is 10.1. The number of anilines is 1. The van der Waals surface area contributed by atoms with Gasteiger partial charge in [-0.05, 0) is 73.2 Å². The van der Waals surface area contributed by atoms with Crippen molar-refractivity contribution < 1.29 is 4.79 Å². The van der Waals surface area contributed by atoms with Crippen LogP contribution in [0.3, 0.4) is 0 Å². The molecule has 2 saturated carbocycles. The lowest BCUT2D eigenvalue weighted by atomic mass is 9.91. The van der Waals surface area contributed by atoms with E-state index in [0.717, 1.165) is 47.9 Å². The van der Waals surface area contributed by atoms with Crippen molar-refractivity contribution in [2.24, 2.45) is 5.92 Å². The summed E-state index contributed by atoms with van der Waals surface area (Å²) in [5, 5.41) is 7.16. The molecule has 2 fully saturated rings. The Hall–Kier alpha value is -0.560. The van der Waals surface area contributed by atoms with Gasteiger partial charge in [-0.25, -0.2) is 4.98 Å². The monoisotopic (exact) mass is 419 g/mol. The Bertz CT molecular complexity index is 507. The summed E-state index contributed by atoms with van der Waals surface area (Å²) in [5.74, 6) is 1.41. The van der Waals surface area contributed by atoms with Gasteiger partial charge in [0.15, 0.2) is 0 Å². The molecule has 0 spiro atoms. The Balaban J connectivity index is 1.47. The summed E-state index contributed by atoms with van der Waals surface area (Å²) >= 11 is 8.22. The van der Waals surface area contributed by atoms with Crippen LogP contribution in [0, 0.1) is 9.49 Å². The van der Waals surface area contributed by atoms with Gasteiger partial charge in [-0.3, -0.25) is 4.79 Å². The number of nitrogens with one attached hydrogen (secondary N) is 2. The fourth-order valence-electron chi connectivity index (χ4n) is 2.80. The molecule has 6 heteroatoms. The van der Waals surface area contributed by atoms with Gasteiger partial charge < -0.3 is 10.6 Å². The van der Waals surface area contributed by atoms with Gasteiger partial charge >= 0.3 is 0 Å². The molecule has 2 aliphatic rings. The SMILES string of the molecule is O=C(NC1CCC(Nc2cc(I)cc(Cl)n2)CC1)C1CC1. The third-order valence-corrected chi connectivity index (χ3v) is 4.95. The zero-order chi connectivity index (χ0) is 14.8. The van der Waals surface area contributed by atoms with Gasteiger partial charge in [0.2, 0.25) is 5.91 Å². The predicted molar refractivity (Wildman–Crippen MR) is 92.5 cm³/mol. The normalized spacial score (nSPS) is 25.4. The molecular weight excluding hydrogens is 401 g/mol. The van der Waals surface area contributed by atoms with Gasteiger partial charge in [-0.1, -0.05) is 11.6 Å². The van der Waals surface area contributed by atoms with Crippen LogP contribution in [0.1, 0.15) is 38.5 Å². The number of pyridine rings is 1. The molecule has 0 aliphatic heterocycles. The van der Waals surface area contributed by atoms with Gasteiger partial charge in [0.1, 0.15) is 11.0 Å². The number of hydrogen-bond acceptors (Lipinski definition) is 3. The third kappa shape index (κ3) is 4.45. The van der Waals surface area contributed by atoms with Gasteiger partial charge in [0.25, 0.3) is 0 Å². The summed E-state index contributed by atoms with van der Waals surface area (Å²) in [6.07, 6.45) is 6.33. The van der Waals surface area contributed by atoms with Gasteiger partial charge in [-0.15, -0.1) is 0 Å². The van der Waals surface area contributed by atoms with Crippen molar-refractivity contribution in [1.82, 2.24) is 10.3 Å². The van der Waals surface area contributed by atoms with E-state index in [1.807, 2.05) is 12.1 Å². The van der Waals surface area contributed by atoms with E-state index >= 15 is 0 Å². The lowest BCUT2D eigenvalue weighted by Crippen LogP contribution is -2.40. The molecule has 0 bridgehead atoms. The highest BCUT2D eigenvalue weighted by molar-refractivity contribution is 14.1. The van der Waals surface area contributed by atoms with E-state index in [1.54, 1.807) is 0 Å². The molecule has 1 aromatic rings. The number of rotatable bonds is 4. The zero-order valence-electron chi connectivity index (χ0n) is 11.7. The highest BCUT2D eigenvalue weighted by Crippen LogP contribution is 2.30. The van der Waals surface area contributed by atoms with Gasteiger partial charge in [-0.2, -0.15) is 0 Å². The Morgan fingerprint density at radius 1 is 1.14 bits per heavy atom. The standard InChI is InChI=1S/C15H19ClIN3O/c16-13-7-10(17)8-14(20-13)18-11-3-5-12(6-4-11)19-15(21)9-1-2-9/h7-9,11-12H,1-6H2,(H,18,20)(H,19,21). The van der Waals surface area contributed by atoms with Crippen molar-refractivity contribution >= 4 is 45.9 Å². The molecule has 0 aromatic carbocycles. The van der Waals surface area contributed by atoms with Crippen LogP contribution in [-0.2, 0) is 4.79 Å². The summed E-state index contributed by atoms with van der Waals surface area (Å²) in [7, 11) is 0. The van der Waals surface area contributed by atoms with Crippen LogP contribution in [0.2, 0.25) is 5.15 Å². The number of aromatic nitrogens is 1. The topological polar surface area (TPSA) is 54.0 Å². The van der Waals surface area contributed by atoms with Crippen molar-refractivity contribution in [3.05, 3.63) is 20.9 Å². The molecule has 21 heavy (non-hydrogen) atoms. The molecule has 0 unspecified atom stereocenters. The van der Waals surface area contributed by atoms with Crippen LogP contribution in [0.25, 0.3) is 0 Å². The summed E-state index contributed by atoms with van der Waals surface area (Å²) in [4.78, 5) is 16.1. The average Bonchev–Trinajstić information content (AvgIpc) is 3.24. The maximum atomic E-state index is 11.8. The Morgan fingerprint density at radius 2 is 1.81 bits per heavy atom. The highest BCUT2D eigenvalue weighted by atomic mass is 127. The molecule has 2 N–H and O–H groups in total. The van der Waals surface area contributed by atoms with Crippen molar-refractivity contribution in [2.75, 3.05) is 5.32 Å². The molecule has 1 heterocycles. The first kappa shape index (κ1) is 15.3. The fourth-order valence-corrected chi connectivity index (χ4v) is 3.78. The molecule has 3 rings (SSSR count). The Kier molecular flexibility index (Phi) is 4.88. The van der Waals surface area contributed by atoms with E-state index < -0.39 is 0 Å². The van der Waals surface area contributed by atoms with E-state index in [-0.39, 0.29) is 5.91 Å². The van der Waals surface area contributed by atoms with E-state index in [2.05, 4.69) is 38.2 Å². The molecule has 0 saturated heterocycles. The molecule has 1 amide bonds. The highest BCUT2D eigenvalue weighted by Gasteiger charge is 2.32. The first-order valence-corrected chi connectivity index (χ1v) is 8.96. The van der Waals surface area contributed by atoms with E-state index in [0.29, 0.717) is 23.2 Å². The van der Waals surface area contributed by atoms with Crippen LogP contribution >= 0.6 is 34.2 Å². The van der Waals surface area contributed by atoms with Crippen LogP contribution in [-0.4, -0.2) is 23.0 Å². The van der Waals surface area contributed by atoms with Crippen molar-refractivity contribution in [1.29, 1.82) is 0 Å². The molecule has 4 nitrogen and oxygen atoms in total. The minimum Gasteiger partial charge on any atom is -0.367 e. The quantitative estimate of drug-likeness (QED) is 0.579. The van der Waals surface area contributed by atoms with Crippen LogP contribution in [0.15, 0.2) is 12.1 Å². The van der Waals surface area contributed by atoms with E-state index in [4.69, 9.17) is 11.6 Å². The lowest BCUT2D eigenvalue weighted by Gasteiger charge is -2.30. The number of carbonyl (C=O) groups excluding carboxylic acids is 1. The summed E-state index contributed by atoms with van der Waals surface area (Å²) in [6.45, 7) is 0. The summed E-state index contributed by atoms with van der Waals surface area (Å²) in [6, 6.07) is 4.62. The second kappa shape index (κ2) is 6.69. The van der Waals surface area contributed by atoms with Crippen molar-refractivity contribution in [3.8, 4) is 0 Å². The number of amides is 1. The number of nitrogens with zero attached hydrogens (tertiary/aromatic N) is 1. The summed E-state index contributed by atoms with van der Waals surface area (Å²) < 4.78 is 1.08. The summed E-state index contributed by atoms with van der Waals surface area (Å²) in [5.41, 5.74) is 0. The molecule has 0 atom stereocenters. The smallest absolute Gasteiger partial charge is 0.223 e. The second-order valence-electron chi connectivity index (χ2n) is 5.97. The number of halogens is 2. The minimum atomic E-state index is 0.262. The van der Waals surface area contributed by atoms with Gasteiger partial charge in [0.05, 0.1) is 0 Å². The molecule has 0 radical (unpaired) electrons. The van der Waals surface area contributed by atoms with Crippen LogP contribution in [0.4, 0.5) is 5.82 Å². The van der Waals surface area contributed by atoms with E-state index in [1.165, 1.54) is 0 Å². The maximum Gasteiger partial charge on any atom is 0.223 e. The molecular formula is C15H19ClIN3O. The minimum absolute atomic E-state index is 0.262. The number of hydrogen-bond donors (Lipinski definition) is 2. The van der Waals surface area contributed by atoms with Crippen LogP contribution in [0.5, 0.6) is 0 Å². The van der Waals surface area contributed by atoms with Crippen molar-refractivity contribution in [2.45, 2.75) is 50.6 Å². The largest absolute Gasteiger partial charge is 0.367 e.